The van der Waals surface area contributed by atoms with E-state index < -0.39 is 0 Å². The highest BCUT2D eigenvalue weighted by molar-refractivity contribution is 5.44. The van der Waals surface area contributed by atoms with E-state index in [1.54, 1.807) is 0 Å². The number of benzene rings is 1. The molecular weight excluding hydrogens is 242 g/mol. The zero-order valence-corrected chi connectivity index (χ0v) is 12.2. The molecule has 4 heteroatoms. The van der Waals surface area contributed by atoms with Crippen molar-refractivity contribution in [2.24, 2.45) is 0 Å². The predicted octanol–water partition coefficient (Wildman–Crippen LogP) is 2.53. The van der Waals surface area contributed by atoms with Crippen molar-refractivity contribution in [2.45, 2.75) is 32.4 Å². The fraction of sp³-hybridized carbons (Fsp3) is 0.600. The van der Waals surface area contributed by atoms with Crippen LogP contribution in [0.2, 0.25) is 0 Å². The fourth-order valence-electron chi connectivity index (χ4n) is 2.03. The van der Waals surface area contributed by atoms with Crippen molar-refractivity contribution in [3.05, 3.63) is 23.8 Å². The molecule has 0 radical (unpaired) electrons. The van der Waals surface area contributed by atoms with Gasteiger partial charge in [0.2, 0.25) is 0 Å². The highest BCUT2D eigenvalue weighted by Crippen LogP contribution is 2.34. The lowest BCUT2D eigenvalue weighted by atomic mass is 10.1. The topological polar surface area (TPSA) is 39.7 Å². The molecule has 0 aromatic heterocycles. The van der Waals surface area contributed by atoms with Crippen LogP contribution < -0.4 is 14.8 Å². The van der Waals surface area contributed by atoms with Crippen LogP contribution in [0.5, 0.6) is 11.5 Å². The number of nitrogens with one attached hydrogen (secondary N) is 1. The van der Waals surface area contributed by atoms with Gasteiger partial charge in [-0.15, -0.1) is 0 Å². The molecule has 106 valence electrons. The lowest BCUT2D eigenvalue weighted by Gasteiger charge is -2.19. The Morgan fingerprint density at radius 2 is 2.11 bits per heavy atom. The van der Waals surface area contributed by atoms with Crippen LogP contribution in [0, 0.1) is 0 Å². The Hall–Kier alpha value is -1.26. The normalized spacial score (nSPS) is 18.0. The van der Waals surface area contributed by atoms with E-state index in [4.69, 9.17) is 14.2 Å². The van der Waals surface area contributed by atoms with Gasteiger partial charge in [0, 0.05) is 11.6 Å². The maximum absolute atomic E-state index is 5.67. The minimum Gasteiger partial charge on any atom is -0.491 e. The number of likely N-dealkylation sites (N-methyl/N-ethyl adjacent to an activating group) is 1. The molecule has 0 spiro atoms. The van der Waals surface area contributed by atoms with Gasteiger partial charge in [0.05, 0.1) is 18.2 Å². The van der Waals surface area contributed by atoms with Gasteiger partial charge in [-0.3, -0.25) is 0 Å². The SMILES string of the molecule is CNC1COc2cc(OCCOC(C)(C)C)ccc21. The van der Waals surface area contributed by atoms with Crippen LogP contribution in [-0.4, -0.2) is 32.5 Å². The summed E-state index contributed by atoms with van der Waals surface area (Å²) in [7, 11) is 1.94. The van der Waals surface area contributed by atoms with Crippen molar-refractivity contribution in [3.8, 4) is 11.5 Å². The highest BCUT2D eigenvalue weighted by Gasteiger charge is 2.22. The minimum absolute atomic E-state index is 0.121. The molecule has 0 saturated carbocycles. The summed E-state index contributed by atoms with van der Waals surface area (Å²) < 4.78 is 16.9. The van der Waals surface area contributed by atoms with E-state index in [0.29, 0.717) is 19.8 Å². The summed E-state index contributed by atoms with van der Waals surface area (Å²) >= 11 is 0. The average Bonchev–Trinajstić information content (AvgIpc) is 2.75. The van der Waals surface area contributed by atoms with Gasteiger partial charge in [0.1, 0.15) is 24.7 Å². The number of fused-ring (bicyclic) bond motifs is 1. The van der Waals surface area contributed by atoms with Crippen LogP contribution in [-0.2, 0) is 4.74 Å². The van der Waals surface area contributed by atoms with Crippen LogP contribution >= 0.6 is 0 Å². The molecule has 0 amide bonds. The maximum Gasteiger partial charge on any atom is 0.127 e. The van der Waals surface area contributed by atoms with E-state index >= 15 is 0 Å². The molecule has 2 rings (SSSR count). The summed E-state index contributed by atoms with van der Waals surface area (Å²) in [5, 5.41) is 3.22. The van der Waals surface area contributed by atoms with Crippen LogP contribution in [0.3, 0.4) is 0 Å². The third kappa shape index (κ3) is 3.85. The molecule has 1 heterocycles. The molecular formula is C15H23NO3. The number of hydrogen-bond acceptors (Lipinski definition) is 4. The first-order chi connectivity index (χ1) is 8.99. The predicted molar refractivity (Wildman–Crippen MR) is 74.9 cm³/mol. The third-order valence-electron chi connectivity index (χ3n) is 3.00. The van der Waals surface area contributed by atoms with E-state index in [9.17, 15) is 0 Å². The van der Waals surface area contributed by atoms with Gasteiger partial charge in [-0.05, 0) is 40.0 Å². The van der Waals surface area contributed by atoms with Gasteiger partial charge in [-0.25, -0.2) is 0 Å². The summed E-state index contributed by atoms with van der Waals surface area (Å²) in [5.41, 5.74) is 1.07. The van der Waals surface area contributed by atoms with Crippen LogP contribution in [0.1, 0.15) is 32.4 Å². The molecule has 1 unspecified atom stereocenters. The first kappa shape index (κ1) is 14.2. The Morgan fingerprint density at radius 1 is 1.32 bits per heavy atom. The number of rotatable bonds is 5. The largest absolute Gasteiger partial charge is 0.491 e. The number of hydrogen-bond donors (Lipinski definition) is 1. The Balaban J connectivity index is 1.86. The molecule has 4 nitrogen and oxygen atoms in total. The van der Waals surface area contributed by atoms with Gasteiger partial charge < -0.3 is 19.5 Å². The summed E-state index contributed by atoms with van der Waals surface area (Å²) in [6, 6.07) is 6.27. The van der Waals surface area contributed by atoms with Crippen LogP contribution in [0.15, 0.2) is 18.2 Å². The molecule has 0 bridgehead atoms. The van der Waals surface area contributed by atoms with Gasteiger partial charge in [0.25, 0.3) is 0 Å². The molecule has 0 fully saturated rings. The van der Waals surface area contributed by atoms with Crippen molar-refractivity contribution in [1.82, 2.24) is 5.32 Å². The van der Waals surface area contributed by atoms with Gasteiger partial charge in [-0.2, -0.15) is 0 Å². The van der Waals surface area contributed by atoms with Crippen molar-refractivity contribution in [3.63, 3.8) is 0 Å². The van der Waals surface area contributed by atoms with Gasteiger partial charge in [0.15, 0.2) is 0 Å². The molecule has 1 N–H and O–H groups in total. The molecule has 1 atom stereocenters. The van der Waals surface area contributed by atoms with Crippen molar-refractivity contribution in [2.75, 3.05) is 26.9 Å². The standard InChI is InChI=1S/C15H23NO3/c1-15(2,3)19-8-7-17-11-5-6-12-13(16-4)10-18-14(12)9-11/h5-6,9,13,16H,7-8,10H2,1-4H3. The monoisotopic (exact) mass is 265 g/mol. The zero-order valence-electron chi connectivity index (χ0n) is 12.2. The second kappa shape index (κ2) is 5.80. The van der Waals surface area contributed by atoms with E-state index in [-0.39, 0.29) is 11.6 Å². The first-order valence-electron chi connectivity index (χ1n) is 6.70. The minimum atomic E-state index is -0.121. The quantitative estimate of drug-likeness (QED) is 0.831. The second-order valence-corrected chi connectivity index (χ2v) is 5.66. The maximum atomic E-state index is 5.67. The molecule has 19 heavy (non-hydrogen) atoms. The van der Waals surface area contributed by atoms with E-state index in [0.717, 1.165) is 11.5 Å². The molecule has 0 aliphatic carbocycles. The Kier molecular flexibility index (Phi) is 4.32. The van der Waals surface area contributed by atoms with E-state index in [1.165, 1.54) is 5.56 Å². The summed E-state index contributed by atoms with van der Waals surface area (Å²) in [5.74, 6) is 1.74. The van der Waals surface area contributed by atoms with Crippen molar-refractivity contribution in [1.29, 1.82) is 0 Å². The van der Waals surface area contributed by atoms with Crippen molar-refractivity contribution >= 4 is 0 Å². The van der Waals surface area contributed by atoms with Crippen molar-refractivity contribution < 1.29 is 14.2 Å². The lowest BCUT2D eigenvalue weighted by molar-refractivity contribution is -0.0163. The Bertz CT molecular complexity index is 426. The van der Waals surface area contributed by atoms with E-state index in [2.05, 4.69) is 11.4 Å². The number of ether oxygens (including phenoxy) is 3. The van der Waals surface area contributed by atoms with Crippen LogP contribution in [0.25, 0.3) is 0 Å². The molecule has 1 aliphatic rings. The van der Waals surface area contributed by atoms with E-state index in [1.807, 2.05) is 40.0 Å². The first-order valence-corrected chi connectivity index (χ1v) is 6.70. The van der Waals surface area contributed by atoms with Crippen LogP contribution in [0.4, 0.5) is 0 Å². The molecule has 0 saturated heterocycles. The molecule has 1 aliphatic heterocycles. The smallest absolute Gasteiger partial charge is 0.127 e. The Labute approximate surface area is 115 Å². The second-order valence-electron chi connectivity index (χ2n) is 5.66. The zero-order chi connectivity index (χ0) is 13.9. The summed E-state index contributed by atoms with van der Waals surface area (Å²) in [6.45, 7) is 7.92. The summed E-state index contributed by atoms with van der Waals surface area (Å²) in [6.07, 6.45) is 0. The van der Waals surface area contributed by atoms with Gasteiger partial charge >= 0.3 is 0 Å². The third-order valence-corrected chi connectivity index (χ3v) is 3.00. The lowest BCUT2D eigenvalue weighted by Crippen LogP contribution is -2.22. The molecule has 1 aromatic rings. The highest BCUT2D eigenvalue weighted by atomic mass is 16.5. The average molecular weight is 265 g/mol. The molecule has 1 aromatic carbocycles. The fourth-order valence-corrected chi connectivity index (χ4v) is 2.03. The van der Waals surface area contributed by atoms with Gasteiger partial charge in [-0.1, -0.05) is 0 Å². The Morgan fingerprint density at radius 3 is 2.79 bits per heavy atom. The summed E-state index contributed by atoms with van der Waals surface area (Å²) in [4.78, 5) is 0.